The van der Waals surface area contributed by atoms with Crippen LogP contribution in [-0.2, 0) is 6.54 Å². The molecule has 1 saturated heterocycles. The van der Waals surface area contributed by atoms with Crippen LogP contribution in [0.3, 0.4) is 0 Å². The highest BCUT2D eigenvalue weighted by Crippen LogP contribution is 2.18. The highest BCUT2D eigenvalue weighted by atomic mass is 16.1. The molecule has 0 unspecified atom stereocenters. The summed E-state index contributed by atoms with van der Waals surface area (Å²) in [6, 6.07) is 9.67. The Labute approximate surface area is 146 Å². The fourth-order valence-electron chi connectivity index (χ4n) is 3.27. The molecule has 0 radical (unpaired) electrons. The number of pyridine rings is 1. The molecule has 3 aromatic rings. The van der Waals surface area contributed by atoms with E-state index in [1.54, 1.807) is 12.3 Å². The van der Waals surface area contributed by atoms with Gasteiger partial charge in [0.25, 0.3) is 5.91 Å². The Morgan fingerprint density at radius 1 is 1.12 bits per heavy atom. The van der Waals surface area contributed by atoms with Crippen LogP contribution in [0.5, 0.6) is 0 Å². The molecular formula is C19H21N5O. The van der Waals surface area contributed by atoms with Crippen molar-refractivity contribution in [2.45, 2.75) is 25.8 Å². The number of aromatic amines is 1. The standard InChI is InChI=1S/C19H21N5O/c25-19(16-6-4-5-15-13-22-23-18(15)16)21-12-14-7-8-17(20-11-14)24-9-2-1-3-10-24/h4-8,11,13H,1-3,9-10,12H2,(H,21,25)(H,22,23). The number of hydrogen-bond donors (Lipinski definition) is 2. The molecule has 3 heterocycles. The van der Waals surface area contributed by atoms with E-state index in [-0.39, 0.29) is 5.91 Å². The van der Waals surface area contributed by atoms with Crippen LogP contribution < -0.4 is 10.2 Å². The molecule has 4 rings (SSSR count). The molecule has 25 heavy (non-hydrogen) atoms. The Morgan fingerprint density at radius 2 is 2.00 bits per heavy atom. The zero-order chi connectivity index (χ0) is 17.1. The summed E-state index contributed by atoms with van der Waals surface area (Å²) in [5.41, 5.74) is 2.36. The third kappa shape index (κ3) is 3.33. The van der Waals surface area contributed by atoms with Gasteiger partial charge in [-0.1, -0.05) is 18.2 Å². The lowest BCUT2D eigenvalue weighted by Gasteiger charge is -2.27. The summed E-state index contributed by atoms with van der Waals surface area (Å²) in [5, 5.41) is 10.8. The van der Waals surface area contributed by atoms with Gasteiger partial charge in [-0.3, -0.25) is 9.89 Å². The molecule has 0 aliphatic carbocycles. The monoisotopic (exact) mass is 335 g/mol. The molecule has 2 aromatic heterocycles. The van der Waals surface area contributed by atoms with E-state index in [4.69, 9.17) is 0 Å². The summed E-state index contributed by atoms with van der Waals surface area (Å²) in [6.07, 6.45) is 7.34. The summed E-state index contributed by atoms with van der Waals surface area (Å²) in [6.45, 7) is 2.62. The maximum absolute atomic E-state index is 12.5. The van der Waals surface area contributed by atoms with Crippen molar-refractivity contribution in [2.24, 2.45) is 0 Å². The average Bonchev–Trinajstić information content (AvgIpc) is 3.16. The van der Waals surface area contributed by atoms with Gasteiger partial charge >= 0.3 is 0 Å². The molecule has 2 N–H and O–H groups in total. The third-order valence-corrected chi connectivity index (χ3v) is 4.66. The van der Waals surface area contributed by atoms with Gasteiger partial charge in [-0.05, 0) is 37.0 Å². The van der Waals surface area contributed by atoms with Gasteiger partial charge in [-0.2, -0.15) is 5.10 Å². The van der Waals surface area contributed by atoms with E-state index in [0.717, 1.165) is 35.4 Å². The van der Waals surface area contributed by atoms with Gasteiger partial charge in [0.2, 0.25) is 0 Å². The number of aromatic nitrogens is 3. The summed E-state index contributed by atoms with van der Waals surface area (Å²) in [5.74, 6) is 0.909. The SMILES string of the molecule is O=C(NCc1ccc(N2CCCCC2)nc1)c1cccc2cn[nH]c12. The molecule has 128 valence electrons. The van der Waals surface area contributed by atoms with E-state index < -0.39 is 0 Å². The first-order chi connectivity index (χ1) is 12.3. The minimum absolute atomic E-state index is 0.116. The van der Waals surface area contributed by atoms with Gasteiger partial charge in [0.15, 0.2) is 0 Å². The second kappa shape index (κ2) is 6.93. The average molecular weight is 335 g/mol. The fourth-order valence-corrected chi connectivity index (χ4v) is 3.27. The molecular weight excluding hydrogens is 314 g/mol. The van der Waals surface area contributed by atoms with Crippen molar-refractivity contribution < 1.29 is 4.79 Å². The van der Waals surface area contributed by atoms with Crippen LogP contribution in [0.1, 0.15) is 35.2 Å². The minimum atomic E-state index is -0.116. The van der Waals surface area contributed by atoms with Crippen molar-refractivity contribution >= 4 is 22.6 Å². The molecule has 1 fully saturated rings. The number of carbonyl (C=O) groups excluding carboxylic acids is 1. The first kappa shape index (κ1) is 15.6. The highest BCUT2D eigenvalue weighted by molar-refractivity contribution is 6.05. The fraction of sp³-hybridized carbons (Fsp3) is 0.316. The Balaban J connectivity index is 1.41. The number of amides is 1. The molecule has 0 atom stereocenters. The first-order valence-electron chi connectivity index (χ1n) is 8.71. The number of nitrogens with zero attached hydrogens (tertiary/aromatic N) is 3. The molecule has 0 saturated carbocycles. The van der Waals surface area contributed by atoms with Crippen molar-refractivity contribution in [3.8, 4) is 0 Å². The maximum atomic E-state index is 12.5. The Kier molecular flexibility index (Phi) is 4.33. The van der Waals surface area contributed by atoms with Crippen molar-refractivity contribution in [1.82, 2.24) is 20.5 Å². The van der Waals surface area contributed by atoms with Gasteiger partial charge in [0, 0.05) is 31.2 Å². The molecule has 1 aliphatic heterocycles. The van der Waals surface area contributed by atoms with Crippen LogP contribution in [0.25, 0.3) is 10.9 Å². The number of hydrogen-bond acceptors (Lipinski definition) is 4. The summed E-state index contributed by atoms with van der Waals surface area (Å²) in [7, 11) is 0. The van der Waals surface area contributed by atoms with Crippen molar-refractivity contribution in [3.05, 3.63) is 53.9 Å². The molecule has 0 bridgehead atoms. The van der Waals surface area contributed by atoms with Crippen LogP contribution >= 0.6 is 0 Å². The van der Waals surface area contributed by atoms with E-state index in [1.807, 2.05) is 30.5 Å². The van der Waals surface area contributed by atoms with E-state index in [0.29, 0.717) is 12.1 Å². The Morgan fingerprint density at radius 3 is 2.80 bits per heavy atom. The normalized spacial score (nSPS) is 14.6. The van der Waals surface area contributed by atoms with Crippen LogP contribution in [0.4, 0.5) is 5.82 Å². The van der Waals surface area contributed by atoms with E-state index >= 15 is 0 Å². The summed E-state index contributed by atoms with van der Waals surface area (Å²) >= 11 is 0. The van der Waals surface area contributed by atoms with E-state index in [2.05, 4.69) is 25.4 Å². The zero-order valence-corrected chi connectivity index (χ0v) is 14.0. The van der Waals surface area contributed by atoms with Gasteiger partial charge in [-0.15, -0.1) is 0 Å². The summed E-state index contributed by atoms with van der Waals surface area (Å²) < 4.78 is 0. The number of rotatable bonds is 4. The smallest absolute Gasteiger partial charge is 0.253 e. The lowest BCUT2D eigenvalue weighted by atomic mass is 10.1. The highest BCUT2D eigenvalue weighted by Gasteiger charge is 2.13. The number of nitrogens with one attached hydrogen (secondary N) is 2. The van der Waals surface area contributed by atoms with Crippen LogP contribution in [0.15, 0.2) is 42.7 Å². The minimum Gasteiger partial charge on any atom is -0.357 e. The van der Waals surface area contributed by atoms with Crippen LogP contribution in [-0.4, -0.2) is 34.2 Å². The molecule has 6 nitrogen and oxygen atoms in total. The van der Waals surface area contributed by atoms with Gasteiger partial charge in [0.1, 0.15) is 5.82 Å². The van der Waals surface area contributed by atoms with E-state index in [1.165, 1.54) is 19.3 Å². The second-order valence-electron chi connectivity index (χ2n) is 6.39. The number of fused-ring (bicyclic) bond motifs is 1. The van der Waals surface area contributed by atoms with Crippen molar-refractivity contribution in [2.75, 3.05) is 18.0 Å². The number of anilines is 1. The van der Waals surface area contributed by atoms with Crippen molar-refractivity contribution in [1.29, 1.82) is 0 Å². The molecule has 6 heteroatoms. The number of para-hydroxylation sites is 1. The molecule has 1 aromatic carbocycles. The van der Waals surface area contributed by atoms with Crippen LogP contribution in [0, 0.1) is 0 Å². The molecule has 1 aliphatic rings. The number of piperidine rings is 1. The predicted octanol–water partition coefficient (Wildman–Crippen LogP) is 2.88. The lowest BCUT2D eigenvalue weighted by molar-refractivity contribution is 0.0952. The summed E-state index contributed by atoms with van der Waals surface area (Å²) in [4.78, 5) is 19.3. The van der Waals surface area contributed by atoms with Gasteiger partial charge in [0.05, 0.1) is 17.3 Å². The van der Waals surface area contributed by atoms with Gasteiger partial charge in [-0.25, -0.2) is 4.98 Å². The number of benzene rings is 1. The quantitative estimate of drug-likeness (QED) is 0.769. The zero-order valence-electron chi connectivity index (χ0n) is 14.0. The number of carbonyl (C=O) groups is 1. The largest absolute Gasteiger partial charge is 0.357 e. The Hall–Kier alpha value is -2.89. The Bertz CT molecular complexity index is 865. The predicted molar refractivity (Wildman–Crippen MR) is 97.6 cm³/mol. The van der Waals surface area contributed by atoms with Crippen molar-refractivity contribution in [3.63, 3.8) is 0 Å². The topological polar surface area (TPSA) is 73.9 Å². The third-order valence-electron chi connectivity index (χ3n) is 4.66. The first-order valence-corrected chi connectivity index (χ1v) is 8.71. The van der Waals surface area contributed by atoms with Gasteiger partial charge < -0.3 is 10.2 Å². The number of H-pyrrole nitrogens is 1. The molecule has 1 amide bonds. The van der Waals surface area contributed by atoms with E-state index in [9.17, 15) is 4.79 Å². The second-order valence-corrected chi connectivity index (χ2v) is 6.39. The maximum Gasteiger partial charge on any atom is 0.253 e. The molecule has 0 spiro atoms. The lowest BCUT2D eigenvalue weighted by Crippen LogP contribution is -2.30. The van der Waals surface area contributed by atoms with Crippen LogP contribution in [0.2, 0.25) is 0 Å².